The molecule has 332 valence electrons. The molecule has 13 nitrogen and oxygen atoms in total. The van der Waals surface area contributed by atoms with Crippen molar-refractivity contribution in [2.45, 2.75) is 20.8 Å². The molecule has 6 rings (SSSR count). The summed E-state index contributed by atoms with van der Waals surface area (Å²) < 4.78 is 15.0. The molecule has 65 heavy (non-hydrogen) atoms. The van der Waals surface area contributed by atoms with Crippen molar-refractivity contribution in [1.82, 2.24) is 0 Å². The maximum Gasteiger partial charge on any atom is 3.00 e. The van der Waals surface area contributed by atoms with E-state index in [1.807, 2.05) is 93.6 Å². The van der Waals surface area contributed by atoms with Crippen LogP contribution in [0.15, 0.2) is 180 Å². The van der Waals surface area contributed by atoms with E-state index in [0.717, 1.165) is 17.1 Å². The number of carbonyl (C=O) groups is 3. The van der Waals surface area contributed by atoms with Crippen molar-refractivity contribution in [3.63, 3.8) is 0 Å². The normalized spacial score (nSPS) is 14.2. The van der Waals surface area contributed by atoms with Crippen molar-refractivity contribution in [1.29, 1.82) is 0 Å². The van der Waals surface area contributed by atoms with Crippen LogP contribution >= 0.6 is 36.7 Å². The third-order valence-electron chi connectivity index (χ3n) is 8.03. The molecule has 3 aromatic rings. The molecule has 0 unspecified atom stereocenters. The Morgan fingerprint density at radius 3 is 0.846 bits per heavy atom. The predicted octanol–water partition coefficient (Wildman–Crippen LogP) is 10.0. The fraction of sp³-hybridized carbons (Fsp3) is 0.125. The second-order valence-electron chi connectivity index (χ2n) is 12.4. The monoisotopic (exact) mass is 1060 g/mol. The Hall–Kier alpha value is -6.15. The predicted molar refractivity (Wildman–Crippen MR) is 268 cm³/mol. The maximum atomic E-state index is 11.9. The Balaban J connectivity index is 0. The second kappa shape index (κ2) is 36.2. The van der Waals surface area contributed by atoms with Crippen LogP contribution in [0.3, 0.4) is 0 Å². The minimum atomic E-state index is -0.111. The van der Waals surface area contributed by atoms with Crippen LogP contribution in [0.1, 0.15) is 16.7 Å². The number of hydrogen-bond donors (Lipinski definition) is 3. The first-order valence-corrected chi connectivity index (χ1v) is 19.6. The SMILES string of the molecule is COC1=CC=C/C(=C/Nc2ccc(C)cc2)C1=O.COC1=CC=C/C(=C/Nc2ccc(C)cc2)C1=O.COC1=CC=C/C(=C/Nc2ccc(C)cc2)C1=O.O.[N-]=C=S.[N-]=C=S.[N-]=C=S.[Pr+3]. The van der Waals surface area contributed by atoms with E-state index >= 15 is 0 Å². The van der Waals surface area contributed by atoms with E-state index in [2.05, 4.69) is 52.6 Å². The van der Waals surface area contributed by atoms with Gasteiger partial charge in [0, 0.05) is 52.4 Å². The van der Waals surface area contributed by atoms with E-state index in [9.17, 15) is 14.4 Å². The molecule has 0 atom stereocenters. The van der Waals surface area contributed by atoms with E-state index < -0.39 is 0 Å². The Bertz CT molecular complexity index is 2150. The first-order valence-electron chi connectivity index (χ1n) is 18.4. The topological polar surface area (TPSA) is 213 Å². The number of benzene rings is 3. The number of nitrogens with zero attached hydrogens (tertiary/aromatic N) is 3. The van der Waals surface area contributed by atoms with Crippen molar-refractivity contribution in [3.8, 4) is 0 Å². The van der Waals surface area contributed by atoms with Gasteiger partial charge in [-0.15, -0.1) is 0 Å². The molecule has 0 saturated carbocycles. The first kappa shape index (κ1) is 60.9. The molecular weight excluding hydrogens is 1010 g/mol. The van der Waals surface area contributed by atoms with Gasteiger partial charge in [0.2, 0.25) is 17.3 Å². The number of aryl methyl sites for hydroxylation is 3. The Morgan fingerprint density at radius 1 is 0.462 bits per heavy atom. The van der Waals surface area contributed by atoms with Crippen molar-refractivity contribution in [2.24, 2.45) is 0 Å². The van der Waals surface area contributed by atoms with Gasteiger partial charge in [0.05, 0.1) is 21.3 Å². The molecular formula is C48H47N6O7PrS3. The number of Topliss-reactive ketones (excluding diaryl/α,β-unsaturated/α-hetero) is 3. The van der Waals surface area contributed by atoms with Crippen LogP contribution in [0.4, 0.5) is 17.1 Å². The van der Waals surface area contributed by atoms with Gasteiger partial charge in [0.15, 0.2) is 17.3 Å². The number of ether oxygens (including phenoxy) is 3. The molecule has 3 aromatic carbocycles. The van der Waals surface area contributed by atoms with Gasteiger partial charge in [-0.1, -0.05) is 108 Å². The zero-order valence-electron chi connectivity index (χ0n) is 36.4. The number of nitrogens with one attached hydrogen (secondary N) is 3. The number of ketones is 3. The van der Waals surface area contributed by atoms with Crippen LogP contribution < -0.4 is 16.0 Å². The van der Waals surface area contributed by atoms with Crippen molar-refractivity contribution in [2.75, 3.05) is 37.3 Å². The summed E-state index contributed by atoms with van der Waals surface area (Å²) in [5.74, 6) is 0.734. The molecule has 0 aliphatic heterocycles. The van der Waals surface area contributed by atoms with Gasteiger partial charge < -0.3 is 51.9 Å². The summed E-state index contributed by atoms with van der Waals surface area (Å²) in [6.07, 6.45) is 20.7. The molecule has 17 heteroatoms. The average molecular weight is 1060 g/mol. The fourth-order valence-corrected chi connectivity index (χ4v) is 4.85. The van der Waals surface area contributed by atoms with E-state index in [1.54, 1.807) is 73.3 Å². The molecule has 0 fully saturated rings. The first-order chi connectivity index (χ1) is 30.4. The van der Waals surface area contributed by atoms with Gasteiger partial charge in [-0.2, -0.15) is 15.5 Å². The smallest absolute Gasteiger partial charge is 0.753 e. The third-order valence-corrected chi connectivity index (χ3v) is 8.03. The number of rotatable bonds is 9. The molecule has 0 aromatic heterocycles. The van der Waals surface area contributed by atoms with Gasteiger partial charge in [0.25, 0.3) is 0 Å². The Labute approximate surface area is 429 Å². The van der Waals surface area contributed by atoms with Crippen LogP contribution in [0.5, 0.6) is 0 Å². The third kappa shape index (κ3) is 23.9. The summed E-state index contributed by atoms with van der Waals surface area (Å²) >= 11 is 11.1. The number of carbonyl (C=O) groups excluding carboxylic acids is 3. The fourth-order valence-electron chi connectivity index (χ4n) is 4.85. The molecule has 3 aliphatic rings. The van der Waals surface area contributed by atoms with Gasteiger partial charge in [-0.05, 0) is 93.6 Å². The number of methoxy groups -OCH3 is 3. The molecule has 3 aliphatic carbocycles. The number of hydrogen-bond acceptors (Lipinski definition) is 12. The van der Waals surface area contributed by atoms with Gasteiger partial charge in [-0.3, -0.25) is 14.4 Å². The van der Waals surface area contributed by atoms with Crippen LogP contribution in [-0.2, 0) is 28.6 Å². The Kier molecular flexibility index (Phi) is 34.0. The molecule has 0 spiro atoms. The summed E-state index contributed by atoms with van der Waals surface area (Å²) in [7, 11) is 4.48. The summed E-state index contributed by atoms with van der Waals surface area (Å²) in [6.45, 7) is 6.10. The van der Waals surface area contributed by atoms with Crippen LogP contribution in [0.2, 0.25) is 0 Å². The standard InChI is InChI=1S/3C15H15NO2.3CNS.H2O.Pr/c3*1-11-6-8-13(9-7-11)16-10-12-4-3-5-14(18-2)15(12)17;3*2-1-3;;/h3*3-10,16H,1-2H3;;;;1H2;/q;;;3*-1;;+3/b3*12-10-;;;;;. The van der Waals surface area contributed by atoms with Crippen molar-refractivity contribution < 1.29 is 75.4 Å². The van der Waals surface area contributed by atoms with E-state index in [0.29, 0.717) is 34.0 Å². The second-order valence-corrected chi connectivity index (χ2v) is 12.9. The van der Waals surface area contributed by atoms with E-state index in [1.165, 1.54) is 53.5 Å². The van der Waals surface area contributed by atoms with Gasteiger partial charge >= 0.3 is 41.3 Å². The molecule has 0 heterocycles. The number of anilines is 3. The minimum Gasteiger partial charge on any atom is -0.753 e. The number of thiocarbonyl (C=S) groups is 3. The zero-order chi connectivity index (χ0) is 47.0. The quantitative estimate of drug-likeness (QED) is 0.104. The van der Waals surface area contributed by atoms with E-state index in [-0.39, 0.29) is 64.1 Å². The van der Waals surface area contributed by atoms with Crippen molar-refractivity contribution in [3.05, 3.63) is 213 Å². The summed E-state index contributed by atoms with van der Waals surface area (Å²) in [5.41, 5.74) is 8.18. The summed E-state index contributed by atoms with van der Waals surface area (Å²) in [4.78, 5) is 35.6. The van der Waals surface area contributed by atoms with Crippen LogP contribution in [0.25, 0.3) is 16.2 Å². The zero-order valence-corrected chi connectivity index (χ0v) is 42.6. The molecule has 0 bridgehead atoms. The molecule has 0 radical (unpaired) electrons. The average Bonchev–Trinajstić information content (AvgIpc) is 3.28. The minimum absolute atomic E-state index is 0. The number of isothiocyanates is 3. The van der Waals surface area contributed by atoms with Gasteiger partial charge in [-0.25, -0.2) is 0 Å². The van der Waals surface area contributed by atoms with Gasteiger partial charge in [0.1, 0.15) is 0 Å². The Morgan fingerprint density at radius 2 is 0.662 bits per heavy atom. The van der Waals surface area contributed by atoms with Crippen LogP contribution in [0, 0.1) is 62.1 Å². The largest absolute Gasteiger partial charge is 3.00 e. The van der Waals surface area contributed by atoms with Crippen LogP contribution in [-0.4, -0.2) is 59.6 Å². The maximum absolute atomic E-state index is 11.9. The van der Waals surface area contributed by atoms with Crippen molar-refractivity contribution >= 4 is 86.5 Å². The summed E-state index contributed by atoms with van der Waals surface area (Å²) in [6, 6.07) is 23.9. The number of allylic oxidation sites excluding steroid dienone is 12. The molecule has 0 amide bonds. The summed E-state index contributed by atoms with van der Waals surface area (Å²) in [5, 5.41) is 34.7. The molecule has 5 N–H and O–H groups in total. The molecule has 0 saturated heterocycles. The van der Waals surface area contributed by atoms with E-state index in [4.69, 9.17) is 30.4 Å².